The summed E-state index contributed by atoms with van der Waals surface area (Å²) in [7, 11) is -1.63. The zero-order chi connectivity index (χ0) is 15.2. The van der Waals surface area contributed by atoms with Gasteiger partial charge in [-0.15, -0.1) is 0 Å². The molecule has 0 aliphatic heterocycles. The molecule has 0 radical (unpaired) electrons. The van der Waals surface area contributed by atoms with E-state index in [1.54, 1.807) is 42.5 Å². The van der Waals surface area contributed by atoms with Gasteiger partial charge in [-0.25, -0.2) is 13.3 Å². The Morgan fingerprint density at radius 2 is 1.76 bits per heavy atom. The number of hydrogen-bond donors (Lipinski definition) is 1. The van der Waals surface area contributed by atoms with Crippen molar-refractivity contribution in [3.8, 4) is 6.07 Å². The van der Waals surface area contributed by atoms with E-state index < -0.39 is 23.2 Å². The Morgan fingerprint density at radius 3 is 2.33 bits per heavy atom. The second-order valence-electron chi connectivity index (χ2n) is 4.62. The molecule has 2 aromatic carbocycles. The SMILES string of the molecule is Cc1ccc([S@@](=O)N[C@@H](C#N)[C@H](F)c2ccccc2)cc1. The number of hydrogen-bond acceptors (Lipinski definition) is 2. The van der Waals surface area contributed by atoms with Crippen molar-refractivity contribution in [2.24, 2.45) is 0 Å². The van der Waals surface area contributed by atoms with Gasteiger partial charge in [0.1, 0.15) is 17.0 Å². The van der Waals surface area contributed by atoms with Crippen molar-refractivity contribution in [2.75, 3.05) is 0 Å². The Morgan fingerprint density at radius 1 is 1.14 bits per heavy atom. The fourth-order valence-corrected chi connectivity index (χ4v) is 2.75. The summed E-state index contributed by atoms with van der Waals surface area (Å²) >= 11 is 0. The maximum Gasteiger partial charge on any atom is 0.155 e. The van der Waals surface area contributed by atoms with Gasteiger partial charge >= 0.3 is 0 Å². The number of nitriles is 1. The molecule has 0 aliphatic carbocycles. The molecule has 0 aliphatic rings. The molecule has 0 saturated carbocycles. The standard InChI is InChI=1S/C16H15FN2OS/c1-12-7-9-14(10-8-12)21(20)19-15(11-18)16(17)13-5-3-2-4-6-13/h2-10,15-16,19H,1H3/t15-,16+,21+/m0/s1. The average molecular weight is 302 g/mol. The molecule has 0 bridgehead atoms. The molecule has 0 saturated heterocycles. The van der Waals surface area contributed by atoms with Gasteiger partial charge in [0.15, 0.2) is 6.17 Å². The van der Waals surface area contributed by atoms with Gasteiger partial charge < -0.3 is 0 Å². The molecule has 3 nitrogen and oxygen atoms in total. The lowest BCUT2D eigenvalue weighted by Crippen LogP contribution is -2.33. The van der Waals surface area contributed by atoms with E-state index >= 15 is 0 Å². The highest BCUT2D eigenvalue weighted by molar-refractivity contribution is 7.83. The lowest BCUT2D eigenvalue weighted by Gasteiger charge is -2.16. The van der Waals surface area contributed by atoms with Crippen LogP contribution in [0.1, 0.15) is 17.3 Å². The van der Waals surface area contributed by atoms with Gasteiger partial charge in [-0.05, 0) is 24.6 Å². The van der Waals surface area contributed by atoms with Gasteiger partial charge in [0, 0.05) is 0 Å². The molecule has 108 valence electrons. The summed E-state index contributed by atoms with van der Waals surface area (Å²) in [6.45, 7) is 1.92. The van der Waals surface area contributed by atoms with Crippen LogP contribution < -0.4 is 4.72 Å². The van der Waals surface area contributed by atoms with Gasteiger partial charge in [-0.1, -0.05) is 48.0 Å². The van der Waals surface area contributed by atoms with Crippen molar-refractivity contribution >= 4 is 11.0 Å². The van der Waals surface area contributed by atoms with Crippen molar-refractivity contribution in [1.29, 1.82) is 5.26 Å². The van der Waals surface area contributed by atoms with Crippen LogP contribution >= 0.6 is 0 Å². The lowest BCUT2D eigenvalue weighted by molar-refractivity contribution is 0.310. The number of rotatable bonds is 5. The zero-order valence-electron chi connectivity index (χ0n) is 11.5. The minimum Gasteiger partial charge on any atom is -0.239 e. The highest BCUT2D eigenvalue weighted by Crippen LogP contribution is 2.21. The van der Waals surface area contributed by atoms with Crippen LogP contribution in [0.2, 0.25) is 0 Å². The molecule has 1 N–H and O–H groups in total. The maximum atomic E-state index is 14.3. The van der Waals surface area contributed by atoms with Crippen LogP contribution in [0, 0.1) is 18.3 Å². The van der Waals surface area contributed by atoms with E-state index in [1.165, 1.54) is 0 Å². The Bertz CT molecular complexity index is 652. The molecule has 0 fully saturated rings. The van der Waals surface area contributed by atoms with E-state index in [-0.39, 0.29) is 0 Å². The number of aryl methyl sites for hydroxylation is 1. The number of nitrogens with one attached hydrogen (secondary N) is 1. The third kappa shape index (κ3) is 3.97. The van der Waals surface area contributed by atoms with Crippen molar-refractivity contribution in [2.45, 2.75) is 24.0 Å². The van der Waals surface area contributed by atoms with Crippen LogP contribution in [0.25, 0.3) is 0 Å². The fourth-order valence-electron chi connectivity index (χ4n) is 1.83. The second-order valence-corrected chi connectivity index (χ2v) is 5.86. The molecule has 5 heteroatoms. The highest BCUT2D eigenvalue weighted by Gasteiger charge is 2.24. The van der Waals surface area contributed by atoms with Crippen molar-refractivity contribution in [3.63, 3.8) is 0 Å². The summed E-state index contributed by atoms with van der Waals surface area (Å²) in [5.41, 5.74) is 1.43. The minimum atomic E-state index is -1.63. The Hall–Kier alpha value is -2.03. The normalized spacial score (nSPS) is 14.9. The van der Waals surface area contributed by atoms with Gasteiger partial charge in [0.25, 0.3) is 0 Å². The molecular formula is C16H15FN2OS. The van der Waals surface area contributed by atoms with Crippen molar-refractivity contribution in [1.82, 2.24) is 4.72 Å². The first-order valence-corrected chi connectivity index (χ1v) is 7.60. The number of nitrogens with zero attached hydrogens (tertiary/aromatic N) is 1. The maximum absolute atomic E-state index is 14.3. The van der Waals surface area contributed by atoms with Crippen molar-refractivity contribution in [3.05, 3.63) is 65.7 Å². The predicted octanol–water partition coefficient (Wildman–Crippen LogP) is 3.21. The summed E-state index contributed by atoms with van der Waals surface area (Å²) in [4.78, 5) is 0.515. The summed E-state index contributed by atoms with van der Waals surface area (Å²) in [5, 5.41) is 9.11. The topological polar surface area (TPSA) is 52.9 Å². The van der Waals surface area contributed by atoms with Gasteiger partial charge in [-0.3, -0.25) is 0 Å². The van der Waals surface area contributed by atoms with Crippen LogP contribution in [0.4, 0.5) is 4.39 Å². The van der Waals surface area contributed by atoms with Gasteiger partial charge in [0.2, 0.25) is 0 Å². The Kier molecular flexibility index (Phi) is 5.20. The summed E-state index contributed by atoms with van der Waals surface area (Å²) in [5.74, 6) is 0. The van der Waals surface area contributed by atoms with Crippen molar-refractivity contribution < 1.29 is 8.60 Å². The predicted molar refractivity (Wildman–Crippen MR) is 80.4 cm³/mol. The first-order valence-electron chi connectivity index (χ1n) is 6.45. The quantitative estimate of drug-likeness (QED) is 0.922. The summed E-state index contributed by atoms with van der Waals surface area (Å²) in [6.07, 6.45) is -1.54. The third-order valence-corrected chi connectivity index (χ3v) is 4.19. The molecule has 3 atom stereocenters. The number of benzene rings is 2. The highest BCUT2D eigenvalue weighted by atomic mass is 32.2. The number of alkyl halides is 1. The molecule has 2 rings (SSSR count). The summed E-state index contributed by atoms with van der Waals surface area (Å²) in [6, 6.07) is 16.1. The first-order chi connectivity index (χ1) is 10.1. The third-order valence-electron chi connectivity index (χ3n) is 3.02. The van der Waals surface area contributed by atoms with Crippen LogP contribution in [0.5, 0.6) is 0 Å². The van der Waals surface area contributed by atoms with Crippen LogP contribution in [0.15, 0.2) is 59.5 Å². The van der Waals surface area contributed by atoms with E-state index in [1.807, 2.05) is 25.1 Å². The summed E-state index contributed by atoms with van der Waals surface area (Å²) < 4.78 is 29.0. The van der Waals surface area contributed by atoms with Gasteiger partial charge in [0.05, 0.1) is 11.0 Å². The first kappa shape index (κ1) is 15.4. The Labute approximate surface area is 126 Å². The van der Waals surface area contributed by atoms with Gasteiger partial charge in [-0.2, -0.15) is 5.26 Å². The molecule has 0 spiro atoms. The molecule has 21 heavy (non-hydrogen) atoms. The molecule has 0 aromatic heterocycles. The molecule has 2 aromatic rings. The van der Waals surface area contributed by atoms with E-state index in [0.717, 1.165) is 5.56 Å². The lowest BCUT2D eigenvalue weighted by atomic mass is 10.1. The molecule has 0 heterocycles. The van der Waals surface area contributed by atoms with Crippen LogP contribution in [-0.4, -0.2) is 10.3 Å². The smallest absolute Gasteiger partial charge is 0.155 e. The van der Waals surface area contributed by atoms with E-state index in [4.69, 9.17) is 5.26 Å². The van der Waals surface area contributed by atoms with E-state index in [0.29, 0.717) is 10.5 Å². The zero-order valence-corrected chi connectivity index (χ0v) is 12.3. The Balaban J connectivity index is 2.11. The number of halogens is 1. The minimum absolute atomic E-state index is 0.387. The molecule has 0 amide bonds. The van der Waals surface area contributed by atoms with E-state index in [2.05, 4.69) is 4.72 Å². The monoisotopic (exact) mass is 302 g/mol. The molecular weight excluding hydrogens is 287 g/mol. The fraction of sp³-hybridized carbons (Fsp3) is 0.188. The van der Waals surface area contributed by atoms with E-state index in [9.17, 15) is 8.60 Å². The van der Waals surface area contributed by atoms with Crippen LogP contribution in [0.3, 0.4) is 0 Å². The largest absolute Gasteiger partial charge is 0.239 e. The van der Waals surface area contributed by atoms with Crippen LogP contribution in [-0.2, 0) is 11.0 Å². The second kappa shape index (κ2) is 7.11. The molecule has 0 unspecified atom stereocenters. The average Bonchev–Trinajstić information content (AvgIpc) is 2.53.